The number of hydrogen-bond donors (Lipinski definition) is 1. The van der Waals surface area contributed by atoms with Crippen molar-refractivity contribution in [1.82, 2.24) is 10.3 Å². The molecule has 1 aromatic rings. The first kappa shape index (κ1) is 13.6. The van der Waals surface area contributed by atoms with Crippen LogP contribution in [0.3, 0.4) is 0 Å². The van der Waals surface area contributed by atoms with Crippen LogP contribution >= 0.6 is 11.3 Å². The van der Waals surface area contributed by atoms with Crippen LogP contribution in [0.2, 0.25) is 0 Å². The van der Waals surface area contributed by atoms with Crippen molar-refractivity contribution in [3.05, 3.63) is 16.1 Å². The van der Waals surface area contributed by atoms with E-state index in [0.29, 0.717) is 5.92 Å². The van der Waals surface area contributed by atoms with Crippen molar-refractivity contribution in [2.75, 3.05) is 14.2 Å². The van der Waals surface area contributed by atoms with E-state index in [1.165, 1.54) is 0 Å². The van der Waals surface area contributed by atoms with Crippen LogP contribution in [0.1, 0.15) is 44.3 Å². The van der Waals surface area contributed by atoms with Gasteiger partial charge < -0.3 is 10.1 Å². The second-order valence-electron chi connectivity index (χ2n) is 4.56. The molecular formula is C12H22N2OS. The molecule has 0 aliphatic rings. The second kappa shape index (κ2) is 5.25. The lowest BCUT2D eigenvalue weighted by atomic mass is 9.97. The van der Waals surface area contributed by atoms with Crippen LogP contribution in [0.15, 0.2) is 5.38 Å². The van der Waals surface area contributed by atoms with Gasteiger partial charge in [-0.3, -0.25) is 0 Å². The highest BCUT2D eigenvalue weighted by molar-refractivity contribution is 7.09. The molecule has 92 valence electrons. The molecule has 1 rings (SSSR count). The molecule has 16 heavy (non-hydrogen) atoms. The van der Waals surface area contributed by atoms with Crippen molar-refractivity contribution in [1.29, 1.82) is 0 Å². The first-order valence-corrected chi connectivity index (χ1v) is 6.51. The van der Waals surface area contributed by atoms with Gasteiger partial charge in [0.25, 0.3) is 0 Å². The Morgan fingerprint density at radius 3 is 2.44 bits per heavy atom. The molecule has 1 N–H and O–H groups in total. The Morgan fingerprint density at radius 1 is 1.44 bits per heavy atom. The average Bonchev–Trinajstić information content (AvgIpc) is 2.76. The van der Waals surface area contributed by atoms with Crippen LogP contribution in [0, 0.1) is 0 Å². The molecule has 0 radical (unpaired) electrons. The van der Waals surface area contributed by atoms with E-state index in [0.717, 1.165) is 10.7 Å². The molecule has 0 spiro atoms. The van der Waals surface area contributed by atoms with Gasteiger partial charge in [0.15, 0.2) is 0 Å². The lowest BCUT2D eigenvalue weighted by Crippen LogP contribution is -2.47. The van der Waals surface area contributed by atoms with Crippen molar-refractivity contribution < 1.29 is 4.74 Å². The molecule has 2 atom stereocenters. The third-order valence-electron chi connectivity index (χ3n) is 3.24. The SMILES string of the molecule is CNC(C)(c1nc(C(C)C)cs1)C(C)OC. The summed E-state index contributed by atoms with van der Waals surface area (Å²) in [4.78, 5) is 4.70. The molecule has 0 fully saturated rings. The van der Waals surface area contributed by atoms with Gasteiger partial charge >= 0.3 is 0 Å². The molecule has 1 heterocycles. The Hall–Kier alpha value is -0.450. The monoisotopic (exact) mass is 242 g/mol. The summed E-state index contributed by atoms with van der Waals surface area (Å²) >= 11 is 1.70. The van der Waals surface area contributed by atoms with Crippen molar-refractivity contribution in [2.24, 2.45) is 0 Å². The van der Waals surface area contributed by atoms with E-state index in [1.54, 1.807) is 18.4 Å². The van der Waals surface area contributed by atoms with Crippen LogP contribution < -0.4 is 5.32 Å². The number of rotatable bonds is 5. The van der Waals surface area contributed by atoms with E-state index < -0.39 is 0 Å². The van der Waals surface area contributed by atoms with E-state index in [1.807, 2.05) is 7.05 Å². The van der Waals surface area contributed by atoms with Gasteiger partial charge in [-0.15, -0.1) is 11.3 Å². The maximum atomic E-state index is 5.43. The summed E-state index contributed by atoms with van der Waals surface area (Å²) in [6.07, 6.45) is 0.0867. The summed E-state index contributed by atoms with van der Waals surface area (Å²) in [5.74, 6) is 0.476. The highest BCUT2D eigenvalue weighted by atomic mass is 32.1. The molecule has 3 nitrogen and oxygen atoms in total. The van der Waals surface area contributed by atoms with E-state index in [4.69, 9.17) is 9.72 Å². The highest BCUT2D eigenvalue weighted by Gasteiger charge is 2.34. The number of likely N-dealkylation sites (N-methyl/N-ethyl adjacent to an activating group) is 1. The Balaban J connectivity index is 3.03. The molecule has 0 saturated heterocycles. The number of aromatic nitrogens is 1. The number of hydrogen-bond acceptors (Lipinski definition) is 4. The lowest BCUT2D eigenvalue weighted by Gasteiger charge is -2.32. The molecule has 0 aromatic carbocycles. The fraction of sp³-hybridized carbons (Fsp3) is 0.750. The van der Waals surface area contributed by atoms with E-state index in [-0.39, 0.29) is 11.6 Å². The zero-order valence-electron chi connectivity index (χ0n) is 11.0. The Bertz CT molecular complexity index is 338. The Morgan fingerprint density at radius 2 is 2.06 bits per heavy atom. The lowest BCUT2D eigenvalue weighted by molar-refractivity contribution is 0.0399. The smallest absolute Gasteiger partial charge is 0.115 e. The van der Waals surface area contributed by atoms with Crippen LogP contribution in [0.4, 0.5) is 0 Å². The second-order valence-corrected chi connectivity index (χ2v) is 5.42. The quantitative estimate of drug-likeness (QED) is 0.862. The van der Waals surface area contributed by atoms with Gasteiger partial charge in [-0.25, -0.2) is 4.98 Å². The third-order valence-corrected chi connectivity index (χ3v) is 4.34. The maximum absolute atomic E-state index is 5.43. The minimum absolute atomic E-state index is 0.0867. The number of nitrogens with zero attached hydrogens (tertiary/aromatic N) is 1. The fourth-order valence-electron chi connectivity index (χ4n) is 1.51. The van der Waals surface area contributed by atoms with Crippen molar-refractivity contribution in [3.8, 4) is 0 Å². The molecular weight excluding hydrogens is 220 g/mol. The van der Waals surface area contributed by atoms with Gasteiger partial charge in [0.1, 0.15) is 5.01 Å². The van der Waals surface area contributed by atoms with Gasteiger partial charge in [0.05, 0.1) is 17.3 Å². The topological polar surface area (TPSA) is 34.2 Å². The number of methoxy groups -OCH3 is 1. The Kier molecular flexibility index (Phi) is 4.47. The van der Waals surface area contributed by atoms with Crippen LogP contribution in [0.25, 0.3) is 0 Å². The van der Waals surface area contributed by atoms with E-state index in [9.17, 15) is 0 Å². The standard InChI is InChI=1S/C12H22N2OS/c1-8(2)10-7-16-11(14-10)12(4,13-5)9(3)15-6/h7-9,13H,1-6H3. The maximum Gasteiger partial charge on any atom is 0.115 e. The summed E-state index contributed by atoms with van der Waals surface area (Å²) < 4.78 is 5.43. The molecule has 0 aliphatic carbocycles. The summed E-state index contributed by atoms with van der Waals surface area (Å²) in [7, 11) is 3.68. The fourth-order valence-corrected chi connectivity index (χ4v) is 2.74. The van der Waals surface area contributed by atoms with Gasteiger partial charge in [0.2, 0.25) is 0 Å². The van der Waals surface area contributed by atoms with Gasteiger partial charge in [0, 0.05) is 12.5 Å². The zero-order valence-corrected chi connectivity index (χ0v) is 11.8. The Labute approximate surface area is 102 Å². The summed E-state index contributed by atoms with van der Waals surface area (Å²) in [5, 5.41) is 6.55. The molecule has 2 unspecified atom stereocenters. The van der Waals surface area contributed by atoms with Crippen molar-refractivity contribution >= 4 is 11.3 Å². The van der Waals surface area contributed by atoms with E-state index in [2.05, 4.69) is 38.4 Å². The van der Waals surface area contributed by atoms with Gasteiger partial charge in [-0.2, -0.15) is 0 Å². The molecule has 4 heteroatoms. The number of nitrogens with one attached hydrogen (secondary N) is 1. The van der Waals surface area contributed by atoms with Crippen LogP contribution in [-0.4, -0.2) is 25.2 Å². The predicted molar refractivity (Wildman–Crippen MR) is 69.1 cm³/mol. The van der Waals surface area contributed by atoms with Crippen LogP contribution in [0.5, 0.6) is 0 Å². The van der Waals surface area contributed by atoms with Crippen molar-refractivity contribution in [3.63, 3.8) is 0 Å². The number of thiazole rings is 1. The summed E-state index contributed by atoms with van der Waals surface area (Å²) in [6, 6.07) is 0. The summed E-state index contributed by atoms with van der Waals surface area (Å²) in [6.45, 7) is 8.52. The first-order valence-electron chi connectivity index (χ1n) is 5.63. The third kappa shape index (κ3) is 2.44. The molecule has 0 amide bonds. The normalized spacial score (nSPS) is 17.4. The van der Waals surface area contributed by atoms with Gasteiger partial charge in [-0.05, 0) is 26.8 Å². The van der Waals surface area contributed by atoms with E-state index >= 15 is 0 Å². The highest BCUT2D eigenvalue weighted by Crippen LogP contribution is 2.30. The molecule has 0 aliphatic heterocycles. The zero-order chi connectivity index (χ0) is 12.3. The minimum atomic E-state index is -0.216. The summed E-state index contributed by atoms with van der Waals surface area (Å²) in [5.41, 5.74) is 0.941. The molecule has 1 aromatic heterocycles. The predicted octanol–water partition coefficient (Wildman–Crippen LogP) is 2.74. The van der Waals surface area contributed by atoms with Crippen LogP contribution in [-0.2, 0) is 10.3 Å². The number of ether oxygens (including phenoxy) is 1. The largest absolute Gasteiger partial charge is 0.379 e. The molecule has 0 saturated carbocycles. The minimum Gasteiger partial charge on any atom is -0.379 e. The van der Waals surface area contributed by atoms with Gasteiger partial charge in [-0.1, -0.05) is 13.8 Å². The first-order chi connectivity index (χ1) is 7.45. The van der Waals surface area contributed by atoms with Crippen molar-refractivity contribution in [2.45, 2.75) is 45.3 Å². The molecule has 0 bridgehead atoms. The average molecular weight is 242 g/mol.